The highest BCUT2D eigenvalue weighted by Gasteiger charge is 2.11. The van der Waals surface area contributed by atoms with E-state index < -0.39 is 0 Å². The van der Waals surface area contributed by atoms with E-state index >= 15 is 0 Å². The molecule has 0 aliphatic rings. The molecule has 0 bridgehead atoms. The quantitative estimate of drug-likeness (QED) is 0.706. The van der Waals surface area contributed by atoms with Gasteiger partial charge in [0.25, 0.3) is 5.91 Å². The number of pyridine rings is 1. The number of aromatic nitrogens is 1. The number of nitrogens with one attached hydrogen (secondary N) is 1. The number of anilines is 1. The third kappa shape index (κ3) is 5.76. The van der Waals surface area contributed by atoms with Crippen molar-refractivity contribution < 1.29 is 9.53 Å². The molecule has 0 aliphatic heterocycles. The van der Waals surface area contributed by atoms with E-state index in [9.17, 15) is 4.79 Å². The molecule has 0 fully saturated rings. The first-order valence-corrected chi connectivity index (χ1v) is 9.30. The minimum absolute atomic E-state index is 0.131. The Hall–Kier alpha value is -2.56. The van der Waals surface area contributed by atoms with Crippen molar-refractivity contribution in [2.24, 2.45) is 0 Å². The van der Waals surface area contributed by atoms with Crippen LogP contribution < -0.4 is 15.0 Å². The molecule has 1 N–H and O–H groups in total. The number of nitrogens with zero attached hydrogens (tertiary/aromatic N) is 2. The van der Waals surface area contributed by atoms with Crippen LogP contribution >= 0.6 is 0 Å². The van der Waals surface area contributed by atoms with Gasteiger partial charge in [0.1, 0.15) is 11.4 Å². The van der Waals surface area contributed by atoms with E-state index in [4.69, 9.17) is 4.74 Å². The monoisotopic (exact) mass is 355 g/mol. The van der Waals surface area contributed by atoms with E-state index in [2.05, 4.69) is 29.0 Å². The molecule has 2 aromatic rings. The number of carbonyl (C=O) groups excluding carboxylic acids is 1. The molecule has 26 heavy (non-hydrogen) atoms. The highest BCUT2D eigenvalue weighted by Crippen LogP contribution is 2.16. The van der Waals surface area contributed by atoms with Gasteiger partial charge in [-0.15, -0.1) is 0 Å². The van der Waals surface area contributed by atoms with Crippen LogP contribution in [0.5, 0.6) is 5.75 Å². The topological polar surface area (TPSA) is 54.5 Å². The van der Waals surface area contributed by atoms with E-state index in [1.54, 1.807) is 13.3 Å². The zero-order valence-electron chi connectivity index (χ0n) is 16.0. The van der Waals surface area contributed by atoms with E-state index in [0.717, 1.165) is 49.4 Å². The number of ether oxygens (including phenoxy) is 1. The van der Waals surface area contributed by atoms with Crippen LogP contribution in [0.4, 0.5) is 5.69 Å². The Balaban J connectivity index is 1.92. The molecule has 2 rings (SSSR count). The predicted octanol–water partition coefficient (Wildman–Crippen LogP) is 3.69. The van der Waals surface area contributed by atoms with Crippen molar-refractivity contribution >= 4 is 11.6 Å². The molecule has 0 spiro atoms. The Morgan fingerprint density at radius 2 is 1.81 bits per heavy atom. The lowest BCUT2D eigenvalue weighted by Gasteiger charge is -2.23. The average Bonchev–Trinajstić information content (AvgIpc) is 2.68. The summed E-state index contributed by atoms with van der Waals surface area (Å²) in [5.74, 6) is 0.704. The third-order valence-corrected chi connectivity index (χ3v) is 4.19. The van der Waals surface area contributed by atoms with Gasteiger partial charge in [-0.3, -0.25) is 9.78 Å². The summed E-state index contributed by atoms with van der Waals surface area (Å²) in [6.45, 7) is 6.87. The predicted molar refractivity (Wildman–Crippen MR) is 106 cm³/mol. The molecule has 0 radical (unpaired) electrons. The van der Waals surface area contributed by atoms with Gasteiger partial charge in [-0.05, 0) is 49.1 Å². The van der Waals surface area contributed by atoms with Crippen molar-refractivity contribution in [2.45, 2.75) is 33.1 Å². The largest absolute Gasteiger partial charge is 0.497 e. The van der Waals surface area contributed by atoms with Gasteiger partial charge in [0.15, 0.2) is 0 Å². The average molecular weight is 355 g/mol. The van der Waals surface area contributed by atoms with Crippen LogP contribution in [0.3, 0.4) is 0 Å². The van der Waals surface area contributed by atoms with Crippen molar-refractivity contribution in [1.82, 2.24) is 10.3 Å². The van der Waals surface area contributed by atoms with E-state index in [-0.39, 0.29) is 5.91 Å². The van der Waals surface area contributed by atoms with Crippen LogP contribution in [0.15, 0.2) is 42.6 Å². The fourth-order valence-electron chi connectivity index (χ4n) is 2.85. The van der Waals surface area contributed by atoms with Crippen LogP contribution in [0.25, 0.3) is 0 Å². The first-order chi connectivity index (χ1) is 12.7. The van der Waals surface area contributed by atoms with Crippen molar-refractivity contribution in [2.75, 3.05) is 31.6 Å². The molecule has 5 nitrogen and oxygen atoms in total. The highest BCUT2D eigenvalue weighted by atomic mass is 16.5. The molecule has 1 aromatic heterocycles. The van der Waals surface area contributed by atoms with Crippen LogP contribution in [0, 0.1) is 0 Å². The van der Waals surface area contributed by atoms with Gasteiger partial charge in [-0.25, -0.2) is 0 Å². The zero-order valence-corrected chi connectivity index (χ0v) is 16.0. The summed E-state index contributed by atoms with van der Waals surface area (Å²) in [5.41, 5.74) is 2.68. The summed E-state index contributed by atoms with van der Waals surface area (Å²) in [6, 6.07) is 11.7. The van der Waals surface area contributed by atoms with Gasteiger partial charge >= 0.3 is 0 Å². The van der Waals surface area contributed by atoms with Crippen LogP contribution in [0.1, 0.15) is 42.7 Å². The maximum Gasteiger partial charge on any atom is 0.269 e. The van der Waals surface area contributed by atoms with Crippen LogP contribution in [-0.4, -0.2) is 37.6 Å². The number of amides is 1. The SMILES string of the molecule is CCCN(CCC)c1ccnc(C(=O)NCCc2ccc(OC)cc2)c1. The lowest BCUT2D eigenvalue weighted by Crippen LogP contribution is -2.28. The minimum atomic E-state index is -0.131. The molecule has 0 saturated carbocycles. The van der Waals surface area contributed by atoms with E-state index in [1.165, 1.54) is 0 Å². The molecule has 1 aromatic carbocycles. The van der Waals surface area contributed by atoms with Crippen LogP contribution in [-0.2, 0) is 6.42 Å². The fraction of sp³-hybridized carbons (Fsp3) is 0.429. The first-order valence-electron chi connectivity index (χ1n) is 9.30. The molecule has 0 atom stereocenters. The lowest BCUT2D eigenvalue weighted by atomic mass is 10.1. The number of benzene rings is 1. The second-order valence-corrected chi connectivity index (χ2v) is 6.24. The maximum absolute atomic E-state index is 12.4. The summed E-state index contributed by atoms with van der Waals surface area (Å²) in [6.07, 6.45) is 4.64. The second kappa shape index (κ2) is 10.4. The Morgan fingerprint density at radius 3 is 2.42 bits per heavy atom. The summed E-state index contributed by atoms with van der Waals surface area (Å²) in [5, 5.41) is 2.95. The molecule has 5 heteroatoms. The zero-order chi connectivity index (χ0) is 18.8. The molecule has 0 aliphatic carbocycles. The molecular weight excluding hydrogens is 326 g/mol. The molecule has 1 heterocycles. The minimum Gasteiger partial charge on any atom is -0.497 e. The van der Waals surface area contributed by atoms with E-state index in [0.29, 0.717) is 12.2 Å². The maximum atomic E-state index is 12.4. The molecule has 140 valence electrons. The first kappa shape index (κ1) is 19.8. The summed E-state index contributed by atoms with van der Waals surface area (Å²) in [7, 11) is 1.65. The molecular formula is C21H29N3O2. The van der Waals surface area contributed by atoms with E-state index in [1.807, 2.05) is 36.4 Å². The van der Waals surface area contributed by atoms with Gasteiger partial charge in [-0.2, -0.15) is 0 Å². The smallest absolute Gasteiger partial charge is 0.269 e. The number of hydrogen-bond donors (Lipinski definition) is 1. The lowest BCUT2D eigenvalue weighted by molar-refractivity contribution is 0.0949. The standard InChI is InChI=1S/C21H29N3O2/c1-4-14-24(15-5-2)18-11-13-22-20(16-18)21(25)23-12-10-17-6-8-19(26-3)9-7-17/h6-9,11,13,16H,4-5,10,12,14-15H2,1-3H3,(H,23,25). The van der Waals surface area contributed by atoms with Crippen LogP contribution in [0.2, 0.25) is 0 Å². The Labute approximate surface area is 156 Å². The van der Waals surface area contributed by atoms with Gasteiger partial charge in [0, 0.05) is 31.5 Å². The number of carbonyl (C=O) groups is 1. The third-order valence-electron chi connectivity index (χ3n) is 4.19. The Kier molecular flexibility index (Phi) is 7.93. The Morgan fingerprint density at radius 1 is 1.12 bits per heavy atom. The van der Waals surface area contributed by atoms with Gasteiger partial charge in [-0.1, -0.05) is 26.0 Å². The molecule has 0 unspecified atom stereocenters. The second-order valence-electron chi connectivity index (χ2n) is 6.24. The number of methoxy groups -OCH3 is 1. The summed E-state index contributed by atoms with van der Waals surface area (Å²) >= 11 is 0. The van der Waals surface area contributed by atoms with Crippen molar-refractivity contribution in [3.05, 3.63) is 53.9 Å². The Bertz CT molecular complexity index is 680. The molecule has 0 saturated heterocycles. The number of hydrogen-bond acceptors (Lipinski definition) is 4. The normalized spacial score (nSPS) is 10.4. The van der Waals surface area contributed by atoms with Crippen molar-refractivity contribution in [3.8, 4) is 5.75 Å². The molecule has 1 amide bonds. The fourth-order valence-corrected chi connectivity index (χ4v) is 2.85. The van der Waals surface area contributed by atoms with Gasteiger partial charge in [0.2, 0.25) is 0 Å². The van der Waals surface area contributed by atoms with Crippen molar-refractivity contribution in [3.63, 3.8) is 0 Å². The highest BCUT2D eigenvalue weighted by molar-refractivity contribution is 5.93. The van der Waals surface area contributed by atoms with Gasteiger partial charge in [0.05, 0.1) is 7.11 Å². The van der Waals surface area contributed by atoms with Gasteiger partial charge < -0.3 is 15.0 Å². The summed E-state index contributed by atoms with van der Waals surface area (Å²) in [4.78, 5) is 19.0. The summed E-state index contributed by atoms with van der Waals surface area (Å²) < 4.78 is 5.15. The number of rotatable bonds is 10. The van der Waals surface area contributed by atoms with Crippen molar-refractivity contribution in [1.29, 1.82) is 0 Å².